The van der Waals surface area contributed by atoms with E-state index in [0.717, 1.165) is 71.2 Å². The number of rotatable bonds is 11. The maximum absolute atomic E-state index is 9.22. The zero-order valence-electron chi connectivity index (χ0n) is 16.8. The Hall–Kier alpha value is -0.850. The molecule has 0 aromatic heterocycles. The molecule has 0 aliphatic carbocycles. The topological polar surface area (TPSA) is 69.1 Å². The smallest absolute Gasteiger partial charge is 0.191 e. The largest absolute Gasteiger partial charge is 0.396 e. The summed E-state index contributed by atoms with van der Waals surface area (Å²) in [4.78, 5) is 7.29. The fraction of sp³-hybridized carbons (Fsp3) is 0.947. The molecule has 1 rings (SSSR count). The van der Waals surface area contributed by atoms with Gasteiger partial charge < -0.3 is 20.5 Å². The van der Waals surface area contributed by atoms with Gasteiger partial charge >= 0.3 is 0 Å². The zero-order valence-corrected chi connectivity index (χ0v) is 16.8. The van der Waals surface area contributed by atoms with E-state index in [2.05, 4.69) is 43.2 Å². The minimum atomic E-state index is 0.247. The van der Waals surface area contributed by atoms with Crippen molar-refractivity contribution in [2.75, 3.05) is 52.5 Å². The molecule has 6 heteroatoms. The maximum Gasteiger partial charge on any atom is 0.191 e. The quantitative estimate of drug-likeness (QED) is 0.388. The van der Waals surface area contributed by atoms with Crippen LogP contribution in [0, 0.1) is 11.8 Å². The number of guanidine groups is 1. The Morgan fingerprint density at radius 2 is 1.88 bits per heavy atom. The molecule has 0 bridgehead atoms. The molecule has 0 aromatic rings. The van der Waals surface area contributed by atoms with E-state index in [1.807, 2.05) is 0 Å². The Morgan fingerprint density at radius 3 is 2.44 bits per heavy atom. The highest BCUT2D eigenvalue weighted by Crippen LogP contribution is 2.13. The van der Waals surface area contributed by atoms with Gasteiger partial charge in [-0.15, -0.1) is 0 Å². The zero-order chi connectivity index (χ0) is 18.5. The van der Waals surface area contributed by atoms with Gasteiger partial charge in [0.1, 0.15) is 0 Å². The molecule has 1 aliphatic rings. The first-order valence-corrected chi connectivity index (χ1v) is 10.1. The molecule has 1 fully saturated rings. The molecule has 25 heavy (non-hydrogen) atoms. The molecule has 1 heterocycles. The molecule has 1 saturated heterocycles. The number of nitrogens with one attached hydrogen (secondary N) is 2. The van der Waals surface area contributed by atoms with E-state index in [1.54, 1.807) is 0 Å². The van der Waals surface area contributed by atoms with E-state index >= 15 is 0 Å². The second-order valence-electron chi connectivity index (χ2n) is 7.23. The van der Waals surface area contributed by atoms with E-state index in [9.17, 15) is 5.11 Å². The van der Waals surface area contributed by atoms with Crippen molar-refractivity contribution < 1.29 is 9.84 Å². The summed E-state index contributed by atoms with van der Waals surface area (Å²) in [6.07, 6.45) is 3.08. The predicted molar refractivity (Wildman–Crippen MR) is 105 cm³/mol. The minimum Gasteiger partial charge on any atom is -0.396 e. The van der Waals surface area contributed by atoms with Gasteiger partial charge in [-0.2, -0.15) is 0 Å². The Labute approximate surface area is 154 Å². The Bertz CT molecular complexity index is 351. The number of aliphatic hydroxyl groups excluding tert-OH is 1. The van der Waals surface area contributed by atoms with Gasteiger partial charge in [0.05, 0.1) is 13.2 Å². The molecule has 0 amide bonds. The average Bonchev–Trinajstić information content (AvgIpc) is 2.60. The standard InChI is InChI=1S/C19H40N4O2/c1-5-7-17(8-11-24)14-21-19(20-6-2)22-15-18(16(3)4)23-9-12-25-13-10-23/h16-18,24H,5-15H2,1-4H3,(H2,20,21,22). The molecular weight excluding hydrogens is 316 g/mol. The van der Waals surface area contributed by atoms with Crippen LogP contribution in [0.15, 0.2) is 4.99 Å². The summed E-state index contributed by atoms with van der Waals surface area (Å²) in [5, 5.41) is 16.1. The molecule has 0 spiro atoms. The SMILES string of the molecule is CCCC(CCO)CN=C(NCC)NCC(C(C)C)N1CCOCC1. The third-order valence-corrected chi connectivity index (χ3v) is 4.85. The van der Waals surface area contributed by atoms with E-state index in [4.69, 9.17) is 9.73 Å². The monoisotopic (exact) mass is 356 g/mol. The van der Waals surface area contributed by atoms with Crippen molar-refractivity contribution in [3.8, 4) is 0 Å². The number of nitrogens with zero attached hydrogens (tertiary/aromatic N) is 2. The van der Waals surface area contributed by atoms with E-state index in [1.165, 1.54) is 0 Å². The van der Waals surface area contributed by atoms with Gasteiger partial charge in [0, 0.05) is 45.4 Å². The number of aliphatic imine (C=N–C) groups is 1. The first-order valence-electron chi connectivity index (χ1n) is 10.1. The molecule has 1 aliphatic heterocycles. The van der Waals surface area contributed by atoms with Crippen LogP contribution in [0.3, 0.4) is 0 Å². The lowest BCUT2D eigenvalue weighted by molar-refractivity contribution is 0.00752. The fourth-order valence-corrected chi connectivity index (χ4v) is 3.38. The minimum absolute atomic E-state index is 0.247. The van der Waals surface area contributed by atoms with E-state index in [-0.39, 0.29) is 6.61 Å². The Balaban J connectivity index is 2.59. The maximum atomic E-state index is 9.22. The van der Waals surface area contributed by atoms with Crippen molar-refractivity contribution in [1.29, 1.82) is 0 Å². The fourth-order valence-electron chi connectivity index (χ4n) is 3.38. The van der Waals surface area contributed by atoms with Gasteiger partial charge in [-0.1, -0.05) is 27.2 Å². The molecular formula is C19H40N4O2. The van der Waals surface area contributed by atoms with Crippen LogP contribution in [0.4, 0.5) is 0 Å². The van der Waals surface area contributed by atoms with Crippen LogP contribution in [-0.4, -0.2) is 74.6 Å². The summed E-state index contributed by atoms with van der Waals surface area (Å²) in [6, 6.07) is 0.483. The van der Waals surface area contributed by atoms with Crippen LogP contribution < -0.4 is 10.6 Å². The first kappa shape index (κ1) is 22.2. The molecule has 0 saturated carbocycles. The molecule has 0 aromatic carbocycles. The van der Waals surface area contributed by atoms with Gasteiger partial charge in [-0.3, -0.25) is 9.89 Å². The Morgan fingerprint density at radius 1 is 1.16 bits per heavy atom. The van der Waals surface area contributed by atoms with Gasteiger partial charge in [0.25, 0.3) is 0 Å². The van der Waals surface area contributed by atoms with Gasteiger partial charge in [-0.25, -0.2) is 0 Å². The second kappa shape index (κ2) is 13.4. The van der Waals surface area contributed by atoms with Crippen LogP contribution in [0.2, 0.25) is 0 Å². The Kier molecular flexibility index (Phi) is 11.9. The average molecular weight is 357 g/mol. The van der Waals surface area contributed by atoms with Crippen molar-refractivity contribution in [3.63, 3.8) is 0 Å². The van der Waals surface area contributed by atoms with Crippen LogP contribution in [0.5, 0.6) is 0 Å². The van der Waals surface area contributed by atoms with Crippen LogP contribution in [0.1, 0.15) is 47.0 Å². The number of hydrogen-bond donors (Lipinski definition) is 3. The summed E-state index contributed by atoms with van der Waals surface area (Å²) < 4.78 is 5.49. The molecule has 0 radical (unpaired) electrons. The summed E-state index contributed by atoms with van der Waals surface area (Å²) in [5.74, 6) is 1.93. The summed E-state index contributed by atoms with van der Waals surface area (Å²) in [7, 11) is 0. The highest BCUT2D eigenvalue weighted by molar-refractivity contribution is 5.79. The summed E-state index contributed by atoms with van der Waals surface area (Å²) in [5.41, 5.74) is 0. The van der Waals surface area contributed by atoms with Gasteiger partial charge in [-0.05, 0) is 31.6 Å². The van der Waals surface area contributed by atoms with Crippen molar-refractivity contribution in [3.05, 3.63) is 0 Å². The second-order valence-corrected chi connectivity index (χ2v) is 7.23. The molecule has 148 valence electrons. The number of hydrogen-bond acceptors (Lipinski definition) is 4. The number of morpholine rings is 1. The van der Waals surface area contributed by atoms with E-state index < -0.39 is 0 Å². The van der Waals surface area contributed by atoms with Gasteiger partial charge in [0.15, 0.2) is 5.96 Å². The van der Waals surface area contributed by atoms with Crippen LogP contribution in [-0.2, 0) is 4.74 Å². The summed E-state index contributed by atoms with van der Waals surface area (Å²) in [6.45, 7) is 15.3. The molecule has 3 N–H and O–H groups in total. The number of ether oxygens (including phenoxy) is 1. The molecule has 6 nitrogen and oxygen atoms in total. The molecule has 2 atom stereocenters. The summed E-state index contributed by atoms with van der Waals surface area (Å²) >= 11 is 0. The van der Waals surface area contributed by atoms with Gasteiger partial charge in [0.2, 0.25) is 0 Å². The van der Waals surface area contributed by atoms with E-state index in [0.29, 0.717) is 17.9 Å². The normalized spacial score (nSPS) is 19.0. The predicted octanol–water partition coefficient (Wildman–Crippen LogP) is 1.70. The van der Waals surface area contributed by atoms with Crippen LogP contribution in [0.25, 0.3) is 0 Å². The highest BCUT2D eigenvalue weighted by atomic mass is 16.5. The lowest BCUT2D eigenvalue weighted by Gasteiger charge is -2.37. The highest BCUT2D eigenvalue weighted by Gasteiger charge is 2.23. The van der Waals surface area contributed by atoms with Crippen molar-refractivity contribution in [1.82, 2.24) is 15.5 Å². The third-order valence-electron chi connectivity index (χ3n) is 4.85. The van der Waals surface area contributed by atoms with Crippen molar-refractivity contribution >= 4 is 5.96 Å². The molecule has 2 unspecified atom stereocenters. The van der Waals surface area contributed by atoms with Crippen molar-refractivity contribution in [2.45, 2.75) is 53.0 Å². The lowest BCUT2D eigenvalue weighted by atomic mass is 10.0. The number of aliphatic hydroxyl groups is 1. The first-order chi connectivity index (χ1) is 12.1. The van der Waals surface area contributed by atoms with Crippen LogP contribution >= 0.6 is 0 Å². The third kappa shape index (κ3) is 8.88. The lowest BCUT2D eigenvalue weighted by Crippen LogP contribution is -2.52. The van der Waals surface area contributed by atoms with Crippen molar-refractivity contribution in [2.24, 2.45) is 16.8 Å².